The normalized spacial score (nSPS) is 17.3. The van der Waals surface area contributed by atoms with Gasteiger partial charge in [0.05, 0.1) is 6.04 Å². The van der Waals surface area contributed by atoms with Crippen LogP contribution in [0.3, 0.4) is 0 Å². The smallest absolute Gasteiger partial charge is 0.228 e. The zero-order chi connectivity index (χ0) is 17.2. The summed E-state index contributed by atoms with van der Waals surface area (Å²) in [5.41, 5.74) is 3.39. The molecular weight excluding hydrogens is 294 g/mol. The van der Waals surface area contributed by atoms with Gasteiger partial charge in [-0.15, -0.1) is 0 Å². The Bertz CT molecular complexity index is 723. The molecule has 124 valence electrons. The van der Waals surface area contributed by atoms with Gasteiger partial charge in [-0.2, -0.15) is 0 Å². The minimum Gasteiger partial charge on any atom is -0.332 e. The van der Waals surface area contributed by atoms with Gasteiger partial charge in [-0.05, 0) is 23.1 Å². The molecule has 1 amide bonds. The lowest BCUT2D eigenvalue weighted by Gasteiger charge is -2.31. The van der Waals surface area contributed by atoms with E-state index in [2.05, 4.69) is 60.7 Å². The number of carbonyl (C=O) groups excluding carboxylic acids is 1. The largest absolute Gasteiger partial charge is 0.332 e. The third kappa shape index (κ3) is 3.59. The predicted molar refractivity (Wildman–Crippen MR) is 99.7 cm³/mol. The van der Waals surface area contributed by atoms with E-state index < -0.39 is 0 Å². The first-order chi connectivity index (χ1) is 11.4. The summed E-state index contributed by atoms with van der Waals surface area (Å²) in [4.78, 5) is 14.6. The van der Waals surface area contributed by atoms with Crippen molar-refractivity contribution >= 4 is 5.91 Å². The van der Waals surface area contributed by atoms with E-state index in [1.807, 2.05) is 31.7 Å². The molecule has 2 heteroatoms. The van der Waals surface area contributed by atoms with Crippen LogP contribution in [0.25, 0.3) is 11.1 Å². The molecule has 0 bridgehead atoms. The Kier molecular flexibility index (Phi) is 4.57. The van der Waals surface area contributed by atoms with Crippen LogP contribution < -0.4 is 0 Å². The van der Waals surface area contributed by atoms with E-state index in [1.54, 1.807) is 0 Å². The summed E-state index contributed by atoms with van der Waals surface area (Å²) in [5, 5.41) is 0. The van der Waals surface area contributed by atoms with Gasteiger partial charge in [0.25, 0.3) is 0 Å². The van der Waals surface area contributed by atoms with Crippen LogP contribution in [0.1, 0.15) is 26.3 Å². The number of amides is 1. The Labute approximate surface area is 144 Å². The molecule has 0 radical (unpaired) electrons. The number of benzene rings is 2. The summed E-state index contributed by atoms with van der Waals surface area (Å²) in [7, 11) is 0. The maximum atomic E-state index is 12.6. The molecule has 0 N–H and O–H groups in total. The van der Waals surface area contributed by atoms with Crippen LogP contribution in [0, 0.1) is 5.41 Å². The van der Waals surface area contributed by atoms with E-state index in [1.165, 1.54) is 16.7 Å². The van der Waals surface area contributed by atoms with Crippen molar-refractivity contribution in [2.24, 2.45) is 5.41 Å². The fourth-order valence-electron chi connectivity index (χ4n) is 3.12. The Morgan fingerprint density at radius 1 is 1.00 bits per heavy atom. The molecule has 1 heterocycles. The zero-order valence-corrected chi connectivity index (χ0v) is 14.7. The van der Waals surface area contributed by atoms with Gasteiger partial charge in [0.2, 0.25) is 5.91 Å². The average molecular weight is 319 g/mol. The van der Waals surface area contributed by atoms with Gasteiger partial charge >= 0.3 is 0 Å². The quantitative estimate of drug-likeness (QED) is 0.750. The molecule has 1 aliphatic heterocycles. The van der Waals surface area contributed by atoms with Gasteiger partial charge in [-0.3, -0.25) is 4.79 Å². The first-order valence-corrected chi connectivity index (χ1v) is 8.57. The Hall–Kier alpha value is -2.35. The number of nitrogens with zero attached hydrogens (tertiary/aromatic N) is 1. The summed E-state index contributed by atoms with van der Waals surface area (Å²) in [6.45, 7) is 6.68. The van der Waals surface area contributed by atoms with E-state index in [0.717, 1.165) is 13.0 Å². The van der Waals surface area contributed by atoms with Crippen molar-refractivity contribution in [3.8, 4) is 11.1 Å². The van der Waals surface area contributed by atoms with Gasteiger partial charge in [-0.25, -0.2) is 0 Å². The van der Waals surface area contributed by atoms with E-state index in [-0.39, 0.29) is 17.4 Å². The molecular formula is C22H25NO. The average Bonchev–Trinajstić information content (AvgIpc) is 3.02. The van der Waals surface area contributed by atoms with Crippen LogP contribution in [0.2, 0.25) is 0 Å². The Balaban J connectivity index is 1.72. The summed E-state index contributed by atoms with van der Waals surface area (Å²) >= 11 is 0. The van der Waals surface area contributed by atoms with Gasteiger partial charge < -0.3 is 4.90 Å². The molecule has 0 unspecified atom stereocenters. The summed E-state index contributed by atoms with van der Waals surface area (Å²) in [6.07, 6.45) is 5.13. The van der Waals surface area contributed by atoms with Gasteiger partial charge in [0.1, 0.15) is 0 Å². The molecule has 0 spiro atoms. The molecule has 0 aromatic heterocycles. The minimum atomic E-state index is -0.332. The van der Waals surface area contributed by atoms with Crippen LogP contribution in [-0.4, -0.2) is 23.4 Å². The Morgan fingerprint density at radius 2 is 1.62 bits per heavy atom. The first kappa shape index (κ1) is 16.5. The summed E-state index contributed by atoms with van der Waals surface area (Å²) in [5.74, 6) is 0.221. The van der Waals surface area contributed by atoms with Crippen molar-refractivity contribution < 1.29 is 4.79 Å². The molecule has 0 saturated heterocycles. The predicted octanol–water partition coefficient (Wildman–Crippen LogP) is 4.71. The monoisotopic (exact) mass is 319 g/mol. The van der Waals surface area contributed by atoms with E-state index in [0.29, 0.717) is 0 Å². The molecule has 2 aromatic carbocycles. The van der Waals surface area contributed by atoms with Crippen LogP contribution in [0.15, 0.2) is 66.7 Å². The van der Waals surface area contributed by atoms with Crippen molar-refractivity contribution in [1.82, 2.24) is 4.90 Å². The maximum absolute atomic E-state index is 12.6. The highest BCUT2D eigenvalue weighted by atomic mass is 16.2. The molecule has 2 nitrogen and oxygen atoms in total. The van der Waals surface area contributed by atoms with Gasteiger partial charge in [0.15, 0.2) is 0 Å². The number of rotatable bonds is 3. The fourth-order valence-corrected chi connectivity index (χ4v) is 3.12. The first-order valence-electron chi connectivity index (χ1n) is 8.57. The Morgan fingerprint density at radius 3 is 2.25 bits per heavy atom. The third-order valence-corrected chi connectivity index (χ3v) is 4.47. The highest BCUT2D eigenvalue weighted by molar-refractivity contribution is 5.82. The van der Waals surface area contributed by atoms with Crippen LogP contribution in [0.4, 0.5) is 0 Å². The third-order valence-electron chi connectivity index (χ3n) is 4.47. The van der Waals surface area contributed by atoms with E-state index in [9.17, 15) is 4.79 Å². The second-order valence-electron chi connectivity index (χ2n) is 7.47. The van der Waals surface area contributed by atoms with Crippen molar-refractivity contribution in [2.75, 3.05) is 6.54 Å². The lowest BCUT2D eigenvalue weighted by atomic mass is 9.93. The van der Waals surface area contributed by atoms with E-state index in [4.69, 9.17) is 0 Å². The zero-order valence-electron chi connectivity index (χ0n) is 14.7. The molecule has 3 rings (SSSR count). The van der Waals surface area contributed by atoms with Crippen molar-refractivity contribution in [3.63, 3.8) is 0 Å². The van der Waals surface area contributed by atoms with Crippen LogP contribution in [-0.2, 0) is 11.2 Å². The summed E-state index contributed by atoms with van der Waals surface area (Å²) in [6, 6.07) is 19.2. The molecule has 24 heavy (non-hydrogen) atoms. The molecule has 1 aliphatic rings. The standard InChI is InChI=1S/C22H25NO/c1-22(2,3)21(24)23-15-7-10-20(23)16-17-11-13-19(14-12-17)18-8-5-4-6-9-18/h4-14,20H,15-16H2,1-3H3/t20-/m0/s1. The van der Waals surface area contributed by atoms with Crippen LogP contribution >= 0.6 is 0 Å². The molecule has 0 aliphatic carbocycles. The minimum absolute atomic E-state index is 0.166. The highest BCUT2D eigenvalue weighted by Crippen LogP contribution is 2.25. The van der Waals surface area contributed by atoms with Gasteiger partial charge in [0, 0.05) is 12.0 Å². The topological polar surface area (TPSA) is 20.3 Å². The number of carbonyl (C=O) groups is 1. The lowest BCUT2D eigenvalue weighted by molar-refractivity contribution is -0.139. The van der Waals surface area contributed by atoms with Crippen LogP contribution in [0.5, 0.6) is 0 Å². The lowest BCUT2D eigenvalue weighted by Crippen LogP contribution is -2.43. The van der Waals surface area contributed by atoms with Crippen molar-refractivity contribution in [3.05, 3.63) is 72.3 Å². The fraction of sp³-hybridized carbons (Fsp3) is 0.318. The highest BCUT2D eigenvalue weighted by Gasteiger charge is 2.32. The van der Waals surface area contributed by atoms with Crippen molar-refractivity contribution in [2.45, 2.75) is 33.2 Å². The summed E-state index contributed by atoms with van der Waals surface area (Å²) < 4.78 is 0. The molecule has 0 saturated carbocycles. The van der Waals surface area contributed by atoms with Gasteiger partial charge in [-0.1, -0.05) is 87.5 Å². The molecule has 2 aromatic rings. The van der Waals surface area contributed by atoms with E-state index >= 15 is 0 Å². The molecule has 1 atom stereocenters. The second kappa shape index (κ2) is 6.64. The van der Waals surface area contributed by atoms with Crippen molar-refractivity contribution in [1.29, 1.82) is 0 Å². The number of hydrogen-bond acceptors (Lipinski definition) is 1. The molecule has 0 fully saturated rings. The number of hydrogen-bond donors (Lipinski definition) is 0. The SMILES string of the molecule is CC(C)(C)C(=O)N1CC=C[C@H]1Cc1ccc(-c2ccccc2)cc1. The second-order valence-corrected chi connectivity index (χ2v) is 7.47. The maximum Gasteiger partial charge on any atom is 0.228 e.